The molecule has 5 heteroatoms. The lowest BCUT2D eigenvalue weighted by Gasteiger charge is -2.18. The van der Waals surface area contributed by atoms with Crippen LogP contribution in [0.3, 0.4) is 0 Å². The number of rotatable bonds is 5. The standard InChI is InChI=1S/C16H22FN3O/c1-11-6-7-20(10-11)14-4-5-15(16(17)8-14)13(3)19-21-12(2)9-18/h4-5,8,11H,2,6-7,9-10,18H2,1,3H3/b19-13+/t11-/m1/s1. The Bertz CT molecular complexity index is 556. The molecule has 1 saturated heterocycles. The smallest absolute Gasteiger partial charge is 0.141 e. The van der Waals surface area contributed by atoms with Crippen LogP contribution in [0, 0.1) is 11.7 Å². The van der Waals surface area contributed by atoms with Gasteiger partial charge in [-0.15, -0.1) is 0 Å². The molecule has 1 heterocycles. The second-order valence-electron chi connectivity index (χ2n) is 5.51. The molecule has 2 N–H and O–H groups in total. The fraction of sp³-hybridized carbons (Fsp3) is 0.438. The van der Waals surface area contributed by atoms with Crippen molar-refractivity contribution in [3.05, 3.63) is 41.9 Å². The molecule has 1 aliphatic rings. The average Bonchev–Trinajstić information content (AvgIpc) is 2.90. The summed E-state index contributed by atoms with van der Waals surface area (Å²) in [5.41, 5.74) is 7.16. The molecule has 1 atom stereocenters. The van der Waals surface area contributed by atoms with E-state index in [1.165, 1.54) is 0 Å². The highest BCUT2D eigenvalue weighted by atomic mass is 19.1. The van der Waals surface area contributed by atoms with Gasteiger partial charge < -0.3 is 15.5 Å². The third-order valence-corrected chi connectivity index (χ3v) is 3.67. The van der Waals surface area contributed by atoms with Crippen molar-refractivity contribution in [2.75, 3.05) is 24.5 Å². The number of nitrogens with zero attached hydrogens (tertiary/aromatic N) is 2. The van der Waals surface area contributed by atoms with E-state index in [1.54, 1.807) is 19.1 Å². The Labute approximate surface area is 125 Å². The maximum Gasteiger partial charge on any atom is 0.141 e. The second-order valence-corrected chi connectivity index (χ2v) is 5.51. The summed E-state index contributed by atoms with van der Waals surface area (Å²) in [7, 11) is 0. The van der Waals surface area contributed by atoms with E-state index in [2.05, 4.69) is 23.6 Å². The van der Waals surface area contributed by atoms with Gasteiger partial charge in [0.2, 0.25) is 0 Å². The van der Waals surface area contributed by atoms with Crippen LogP contribution in [0.4, 0.5) is 10.1 Å². The van der Waals surface area contributed by atoms with Gasteiger partial charge in [-0.3, -0.25) is 0 Å². The van der Waals surface area contributed by atoms with E-state index in [-0.39, 0.29) is 12.4 Å². The number of anilines is 1. The molecule has 0 aromatic heterocycles. The zero-order valence-corrected chi connectivity index (χ0v) is 12.6. The van der Waals surface area contributed by atoms with Crippen LogP contribution < -0.4 is 10.6 Å². The van der Waals surface area contributed by atoms with Crippen LogP contribution in [0.1, 0.15) is 25.8 Å². The van der Waals surface area contributed by atoms with Gasteiger partial charge >= 0.3 is 0 Å². The molecule has 1 aromatic rings. The van der Waals surface area contributed by atoms with E-state index in [0.717, 1.165) is 25.2 Å². The van der Waals surface area contributed by atoms with E-state index < -0.39 is 0 Å². The summed E-state index contributed by atoms with van der Waals surface area (Å²) < 4.78 is 14.2. The van der Waals surface area contributed by atoms with Gasteiger partial charge in [-0.25, -0.2) is 4.39 Å². The maximum atomic E-state index is 14.2. The van der Waals surface area contributed by atoms with Crippen molar-refractivity contribution in [3.8, 4) is 0 Å². The summed E-state index contributed by atoms with van der Waals surface area (Å²) in [5.74, 6) is 0.708. The van der Waals surface area contributed by atoms with Gasteiger partial charge in [-0.1, -0.05) is 18.7 Å². The summed E-state index contributed by atoms with van der Waals surface area (Å²) in [6.07, 6.45) is 1.15. The Kier molecular flexibility index (Phi) is 4.96. The van der Waals surface area contributed by atoms with E-state index in [4.69, 9.17) is 10.6 Å². The summed E-state index contributed by atoms with van der Waals surface area (Å²) in [6, 6.07) is 5.22. The van der Waals surface area contributed by atoms with Crippen molar-refractivity contribution in [1.29, 1.82) is 0 Å². The molecule has 0 radical (unpaired) electrons. The minimum absolute atomic E-state index is 0.186. The fourth-order valence-electron chi connectivity index (χ4n) is 2.38. The zero-order chi connectivity index (χ0) is 15.4. The summed E-state index contributed by atoms with van der Waals surface area (Å²) in [4.78, 5) is 7.20. The van der Waals surface area contributed by atoms with Gasteiger partial charge in [0.05, 0.1) is 12.3 Å². The number of benzene rings is 1. The first-order valence-electron chi connectivity index (χ1n) is 7.15. The van der Waals surface area contributed by atoms with E-state index in [1.807, 2.05) is 6.07 Å². The molecule has 114 valence electrons. The zero-order valence-electron chi connectivity index (χ0n) is 12.6. The van der Waals surface area contributed by atoms with Gasteiger partial charge in [-0.05, 0) is 37.5 Å². The molecule has 0 amide bonds. The second kappa shape index (κ2) is 6.72. The van der Waals surface area contributed by atoms with E-state index >= 15 is 0 Å². The van der Waals surface area contributed by atoms with Crippen LogP contribution in [0.2, 0.25) is 0 Å². The van der Waals surface area contributed by atoms with Crippen molar-refractivity contribution in [1.82, 2.24) is 0 Å². The third-order valence-electron chi connectivity index (χ3n) is 3.67. The Morgan fingerprint density at radius 3 is 2.90 bits per heavy atom. The van der Waals surface area contributed by atoms with E-state index in [9.17, 15) is 4.39 Å². The van der Waals surface area contributed by atoms with Crippen LogP contribution >= 0.6 is 0 Å². The summed E-state index contributed by atoms with van der Waals surface area (Å²) in [6.45, 7) is 9.63. The predicted octanol–water partition coefficient (Wildman–Crippen LogP) is 2.88. The molecule has 0 spiro atoms. The normalized spacial score (nSPS) is 19.0. The lowest BCUT2D eigenvalue weighted by atomic mass is 10.1. The average molecular weight is 291 g/mol. The Morgan fingerprint density at radius 2 is 2.33 bits per heavy atom. The van der Waals surface area contributed by atoms with Crippen LogP contribution in [0.25, 0.3) is 0 Å². The highest BCUT2D eigenvalue weighted by Gasteiger charge is 2.20. The Balaban J connectivity index is 2.13. The number of hydrogen-bond donors (Lipinski definition) is 1. The van der Waals surface area contributed by atoms with Crippen molar-refractivity contribution in [2.45, 2.75) is 20.3 Å². The highest BCUT2D eigenvalue weighted by Crippen LogP contribution is 2.25. The van der Waals surface area contributed by atoms with Crippen molar-refractivity contribution in [2.24, 2.45) is 16.8 Å². The molecule has 0 aliphatic carbocycles. The minimum atomic E-state index is -0.296. The lowest BCUT2D eigenvalue weighted by molar-refractivity contribution is 0.226. The number of hydrogen-bond acceptors (Lipinski definition) is 4. The van der Waals surface area contributed by atoms with Gasteiger partial charge in [0, 0.05) is 24.3 Å². The SMILES string of the molecule is C=C(CN)O/N=C(\C)c1ccc(N2CC[C@@H](C)C2)cc1F. The van der Waals surface area contributed by atoms with Crippen molar-refractivity contribution >= 4 is 11.4 Å². The van der Waals surface area contributed by atoms with E-state index in [0.29, 0.717) is 23.0 Å². The maximum absolute atomic E-state index is 14.2. The van der Waals surface area contributed by atoms with Crippen molar-refractivity contribution in [3.63, 3.8) is 0 Å². The molecule has 2 rings (SSSR count). The third kappa shape index (κ3) is 3.82. The van der Waals surface area contributed by atoms with Crippen molar-refractivity contribution < 1.29 is 9.23 Å². The number of halogens is 1. The summed E-state index contributed by atoms with van der Waals surface area (Å²) >= 11 is 0. The fourth-order valence-corrected chi connectivity index (χ4v) is 2.38. The highest BCUT2D eigenvalue weighted by molar-refractivity contribution is 5.98. The molecule has 1 aliphatic heterocycles. The number of nitrogens with two attached hydrogens (primary N) is 1. The molecule has 0 saturated carbocycles. The predicted molar refractivity (Wildman–Crippen MR) is 83.9 cm³/mol. The molecule has 1 aromatic carbocycles. The molecule has 1 fully saturated rings. The van der Waals surface area contributed by atoms with Crippen LogP contribution in [0.15, 0.2) is 35.7 Å². The quantitative estimate of drug-likeness (QED) is 0.515. The topological polar surface area (TPSA) is 50.9 Å². The largest absolute Gasteiger partial charge is 0.371 e. The van der Waals surface area contributed by atoms with Gasteiger partial charge in [-0.2, -0.15) is 0 Å². The molecule has 21 heavy (non-hydrogen) atoms. The first-order chi connectivity index (χ1) is 10.0. The Hall–Kier alpha value is -1.88. The van der Waals surface area contributed by atoms with Crippen LogP contribution in [-0.4, -0.2) is 25.3 Å². The number of oxime groups is 1. The van der Waals surface area contributed by atoms with Gasteiger partial charge in [0.25, 0.3) is 0 Å². The Morgan fingerprint density at radius 1 is 1.57 bits per heavy atom. The van der Waals surface area contributed by atoms with Crippen LogP contribution in [0.5, 0.6) is 0 Å². The van der Waals surface area contributed by atoms with Crippen LogP contribution in [-0.2, 0) is 4.84 Å². The first kappa shape index (κ1) is 15.5. The summed E-state index contributed by atoms with van der Waals surface area (Å²) in [5, 5.41) is 3.85. The first-order valence-corrected chi connectivity index (χ1v) is 7.15. The molecule has 0 unspecified atom stereocenters. The van der Waals surface area contributed by atoms with Gasteiger partial charge in [0.1, 0.15) is 11.6 Å². The minimum Gasteiger partial charge on any atom is -0.371 e. The molecular formula is C16H22FN3O. The lowest BCUT2D eigenvalue weighted by Crippen LogP contribution is -2.19. The monoisotopic (exact) mass is 291 g/mol. The van der Waals surface area contributed by atoms with Gasteiger partial charge in [0.15, 0.2) is 0 Å². The molecular weight excluding hydrogens is 269 g/mol. The molecule has 4 nitrogen and oxygen atoms in total. The molecule has 0 bridgehead atoms.